The number of rotatable bonds is 5. The fourth-order valence-corrected chi connectivity index (χ4v) is 2.51. The van der Waals surface area contributed by atoms with Gasteiger partial charge in [0.15, 0.2) is 0 Å². The fraction of sp³-hybridized carbons (Fsp3) is 0.353. The van der Waals surface area contributed by atoms with Crippen molar-refractivity contribution in [3.05, 3.63) is 45.7 Å². The summed E-state index contributed by atoms with van der Waals surface area (Å²) in [5, 5.41) is 12.6. The largest absolute Gasteiger partial charge is 0.478 e. The number of carbonyl (C=O) groups is 2. The van der Waals surface area contributed by atoms with Crippen LogP contribution in [0.3, 0.4) is 0 Å². The summed E-state index contributed by atoms with van der Waals surface area (Å²) in [4.78, 5) is 35.4. The number of hydrogen-bond acceptors (Lipinski definition) is 3. The number of nitrogens with zero attached hydrogens (tertiary/aromatic N) is 1. The van der Waals surface area contributed by atoms with E-state index in [1.807, 2.05) is 13.8 Å². The summed E-state index contributed by atoms with van der Waals surface area (Å²) in [5.41, 5.74) is 1.10. The minimum absolute atomic E-state index is 0.0351. The van der Waals surface area contributed by atoms with Gasteiger partial charge in [0.25, 0.3) is 5.56 Å². The molecule has 0 fully saturated rings. The molecule has 1 unspecified atom stereocenters. The number of carboxylic acid groups (broad SMARTS) is 1. The van der Waals surface area contributed by atoms with E-state index < -0.39 is 5.97 Å². The van der Waals surface area contributed by atoms with E-state index in [4.69, 9.17) is 5.11 Å². The predicted molar refractivity (Wildman–Crippen MR) is 87.8 cm³/mol. The van der Waals surface area contributed by atoms with Crippen LogP contribution in [0.5, 0.6) is 0 Å². The van der Waals surface area contributed by atoms with Gasteiger partial charge in [-0.05, 0) is 49.4 Å². The van der Waals surface area contributed by atoms with Crippen molar-refractivity contribution in [2.75, 3.05) is 0 Å². The molecule has 1 aromatic carbocycles. The van der Waals surface area contributed by atoms with Crippen molar-refractivity contribution < 1.29 is 14.7 Å². The molecule has 0 aliphatic rings. The third-order valence-electron chi connectivity index (χ3n) is 3.84. The zero-order chi connectivity index (χ0) is 17.1. The number of benzene rings is 1. The van der Waals surface area contributed by atoms with Gasteiger partial charge in [0, 0.05) is 12.1 Å². The number of carbonyl (C=O) groups excluding carboxylic acids is 1. The van der Waals surface area contributed by atoms with Crippen LogP contribution in [0.2, 0.25) is 0 Å². The molecule has 23 heavy (non-hydrogen) atoms. The van der Waals surface area contributed by atoms with Gasteiger partial charge in [-0.1, -0.05) is 6.92 Å². The van der Waals surface area contributed by atoms with Crippen LogP contribution < -0.4 is 10.9 Å². The first kappa shape index (κ1) is 16.7. The van der Waals surface area contributed by atoms with Crippen molar-refractivity contribution in [3.63, 3.8) is 0 Å². The van der Waals surface area contributed by atoms with E-state index in [0.29, 0.717) is 16.5 Å². The van der Waals surface area contributed by atoms with Crippen molar-refractivity contribution in [2.45, 2.75) is 39.8 Å². The quantitative estimate of drug-likeness (QED) is 0.882. The Hall–Kier alpha value is -2.63. The number of aryl methyl sites for hydroxylation is 1. The molecule has 0 aliphatic heterocycles. The monoisotopic (exact) mass is 316 g/mol. The summed E-state index contributed by atoms with van der Waals surface area (Å²) in [6.07, 6.45) is 0.803. The highest BCUT2D eigenvalue weighted by atomic mass is 16.4. The molecule has 2 rings (SSSR count). The van der Waals surface area contributed by atoms with Crippen molar-refractivity contribution in [2.24, 2.45) is 0 Å². The van der Waals surface area contributed by atoms with Gasteiger partial charge in [0.2, 0.25) is 5.91 Å². The van der Waals surface area contributed by atoms with E-state index in [-0.39, 0.29) is 29.6 Å². The Kier molecular flexibility index (Phi) is 4.83. The summed E-state index contributed by atoms with van der Waals surface area (Å²) in [6, 6.07) is 5.98. The zero-order valence-corrected chi connectivity index (χ0v) is 13.4. The van der Waals surface area contributed by atoms with Crippen molar-refractivity contribution >= 4 is 22.8 Å². The van der Waals surface area contributed by atoms with E-state index >= 15 is 0 Å². The molecule has 0 bridgehead atoms. The molecule has 0 saturated heterocycles. The Morgan fingerprint density at radius 2 is 2.00 bits per heavy atom. The summed E-state index contributed by atoms with van der Waals surface area (Å²) in [7, 11) is 0. The average molecular weight is 316 g/mol. The normalized spacial score (nSPS) is 12.1. The molecule has 0 saturated carbocycles. The molecule has 1 aromatic heterocycles. The van der Waals surface area contributed by atoms with E-state index in [9.17, 15) is 14.4 Å². The summed E-state index contributed by atoms with van der Waals surface area (Å²) in [6.45, 7) is 5.51. The number of hydrogen-bond donors (Lipinski definition) is 2. The molecule has 6 heteroatoms. The molecule has 0 aliphatic carbocycles. The molecule has 1 heterocycles. The van der Waals surface area contributed by atoms with E-state index in [1.165, 1.54) is 22.8 Å². The molecule has 1 amide bonds. The van der Waals surface area contributed by atoms with Crippen LogP contribution in [-0.4, -0.2) is 27.6 Å². The minimum atomic E-state index is -1.03. The van der Waals surface area contributed by atoms with Crippen molar-refractivity contribution in [3.8, 4) is 0 Å². The lowest BCUT2D eigenvalue weighted by Gasteiger charge is -2.15. The second-order valence-corrected chi connectivity index (χ2v) is 5.67. The number of nitrogens with one attached hydrogen (secondary N) is 1. The Morgan fingerprint density at radius 3 is 2.61 bits per heavy atom. The topological polar surface area (TPSA) is 88.4 Å². The van der Waals surface area contributed by atoms with Gasteiger partial charge in [-0.25, -0.2) is 4.79 Å². The van der Waals surface area contributed by atoms with Crippen LogP contribution in [-0.2, 0) is 11.3 Å². The summed E-state index contributed by atoms with van der Waals surface area (Å²) < 4.78 is 1.38. The SMILES string of the molecule is CCC(C)NC(=O)Cn1c(=O)ccc2cc(C(=O)O)cc(C)c21. The van der Waals surface area contributed by atoms with Crippen LogP contribution in [0.4, 0.5) is 0 Å². The highest BCUT2D eigenvalue weighted by Crippen LogP contribution is 2.19. The highest BCUT2D eigenvalue weighted by Gasteiger charge is 2.14. The Bertz CT molecular complexity index is 823. The van der Waals surface area contributed by atoms with Gasteiger partial charge in [-0.3, -0.25) is 14.2 Å². The van der Waals surface area contributed by atoms with Crippen LogP contribution in [0.25, 0.3) is 10.9 Å². The van der Waals surface area contributed by atoms with Gasteiger partial charge in [-0.2, -0.15) is 0 Å². The van der Waals surface area contributed by atoms with Gasteiger partial charge in [0.1, 0.15) is 6.54 Å². The molecule has 0 spiro atoms. The second kappa shape index (κ2) is 6.64. The molecule has 1 atom stereocenters. The van der Waals surface area contributed by atoms with Gasteiger partial charge in [-0.15, -0.1) is 0 Å². The number of amides is 1. The number of aromatic carboxylic acids is 1. The third-order valence-corrected chi connectivity index (χ3v) is 3.84. The van der Waals surface area contributed by atoms with Crippen molar-refractivity contribution in [1.29, 1.82) is 0 Å². The third kappa shape index (κ3) is 3.59. The molecule has 122 valence electrons. The smallest absolute Gasteiger partial charge is 0.335 e. The maximum atomic E-state index is 12.2. The fourth-order valence-electron chi connectivity index (χ4n) is 2.51. The highest BCUT2D eigenvalue weighted by molar-refractivity contribution is 5.95. The molecule has 2 N–H and O–H groups in total. The first-order valence-electron chi connectivity index (χ1n) is 7.50. The first-order chi connectivity index (χ1) is 10.8. The Labute approximate surface area is 133 Å². The maximum Gasteiger partial charge on any atom is 0.335 e. The van der Waals surface area contributed by atoms with Gasteiger partial charge >= 0.3 is 5.97 Å². The number of aromatic nitrogens is 1. The van der Waals surface area contributed by atoms with E-state index in [1.54, 1.807) is 13.0 Å². The second-order valence-electron chi connectivity index (χ2n) is 5.67. The Balaban J connectivity index is 2.51. The first-order valence-corrected chi connectivity index (χ1v) is 7.50. The molecule has 2 aromatic rings. The molecule has 0 radical (unpaired) electrons. The summed E-state index contributed by atoms with van der Waals surface area (Å²) in [5.74, 6) is -1.27. The van der Waals surface area contributed by atoms with Crippen LogP contribution in [0.15, 0.2) is 29.1 Å². The minimum Gasteiger partial charge on any atom is -0.478 e. The number of pyridine rings is 1. The lowest BCUT2D eigenvalue weighted by molar-refractivity contribution is -0.122. The molecular weight excluding hydrogens is 296 g/mol. The van der Waals surface area contributed by atoms with Crippen LogP contribution in [0.1, 0.15) is 36.2 Å². The van der Waals surface area contributed by atoms with Crippen LogP contribution in [0, 0.1) is 6.92 Å². The average Bonchev–Trinajstić information content (AvgIpc) is 2.49. The molecule has 6 nitrogen and oxygen atoms in total. The maximum absolute atomic E-state index is 12.2. The lowest BCUT2D eigenvalue weighted by Crippen LogP contribution is -2.37. The predicted octanol–water partition coefficient (Wildman–Crippen LogP) is 1.92. The summed E-state index contributed by atoms with van der Waals surface area (Å²) >= 11 is 0. The number of carboxylic acids is 1. The Morgan fingerprint density at radius 1 is 1.30 bits per heavy atom. The van der Waals surface area contributed by atoms with Crippen molar-refractivity contribution in [1.82, 2.24) is 9.88 Å². The van der Waals surface area contributed by atoms with Gasteiger partial charge < -0.3 is 10.4 Å². The zero-order valence-electron chi connectivity index (χ0n) is 13.4. The van der Waals surface area contributed by atoms with Crippen LogP contribution >= 0.6 is 0 Å². The lowest BCUT2D eigenvalue weighted by atomic mass is 10.1. The number of fused-ring (bicyclic) bond motifs is 1. The standard InChI is InChI=1S/C17H20N2O4/c1-4-11(3)18-14(20)9-19-15(21)6-5-12-8-13(17(22)23)7-10(2)16(12)19/h5-8,11H,4,9H2,1-3H3,(H,18,20)(H,22,23). The molecular formula is C17H20N2O4. The van der Waals surface area contributed by atoms with Gasteiger partial charge in [0.05, 0.1) is 11.1 Å². The van der Waals surface area contributed by atoms with E-state index in [0.717, 1.165) is 6.42 Å². The van der Waals surface area contributed by atoms with E-state index in [2.05, 4.69) is 5.32 Å².